The van der Waals surface area contributed by atoms with Gasteiger partial charge in [-0.3, -0.25) is 0 Å². The number of pyridine rings is 1. The molecule has 0 fully saturated rings. The number of ether oxygens (including phenoxy) is 1. The molecule has 2 aromatic rings. The largest absolute Gasteiger partial charge is 0.481 e. The predicted molar refractivity (Wildman–Crippen MR) is 83.8 cm³/mol. The van der Waals surface area contributed by atoms with Gasteiger partial charge in [0.25, 0.3) is 0 Å². The summed E-state index contributed by atoms with van der Waals surface area (Å²) in [5, 5.41) is 7.68. The van der Waals surface area contributed by atoms with Gasteiger partial charge in [0.05, 0.1) is 7.11 Å². The summed E-state index contributed by atoms with van der Waals surface area (Å²) in [7, 11) is 1.58. The molecule has 0 saturated carbocycles. The van der Waals surface area contributed by atoms with Crippen molar-refractivity contribution in [3.05, 3.63) is 45.8 Å². The highest BCUT2D eigenvalue weighted by atomic mass is 32.1. The molecule has 2 heterocycles. The minimum atomic E-state index is -0.186. The molecule has 2 N–H and O–H groups in total. The summed E-state index contributed by atoms with van der Waals surface area (Å²) < 4.78 is 5.21. The maximum absolute atomic E-state index is 11.7. The smallest absolute Gasteiger partial charge is 0.315 e. The summed E-state index contributed by atoms with van der Waals surface area (Å²) in [6, 6.07) is 7.69. The van der Waals surface area contributed by atoms with E-state index in [0.717, 1.165) is 17.7 Å². The Bertz CT molecular complexity index is 585. The van der Waals surface area contributed by atoms with E-state index in [1.54, 1.807) is 18.4 Å². The Kier molecular flexibility index (Phi) is 5.57. The zero-order valence-electron chi connectivity index (χ0n) is 12.2. The molecule has 0 bridgehead atoms. The van der Waals surface area contributed by atoms with Crippen LogP contribution < -0.4 is 15.4 Å². The van der Waals surface area contributed by atoms with Crippen molar-refractivity contribution in [2.75, 3.05) is 13.7 Å². The molecule has 2 amide bonds. The molecule has 6 heteroatoms. The molecule has 0 aromatic carbocycles. The first-order valence-corrected chi connectivity index (χ1v) is 7.61. The summed E-state index contributed by atoms with van der Waals surface area (Å²) in [5.74, 6) is 0.550. The highest BCUT2D eigenvalue weighted by Gasteiger charge is 2.06. The van der Waals surface area contributed by atoms with Crippen molar-refractivity contribution in [1.29, 1.82) is 0 Å². The van der Waals surface area contributed by atoms with E-state index in [2.05, 4.69) is 21.7 Å². The Morgan fingerprint density at radius 2 is 2.19 bits per heavy atom. The van der Waals surface area contributed by atoms with Gasteiger partial charge in [0.1, 0.15) is 0 Å². The number of thiophene rings is 1. The first-order valence-electron chi connectivity index (χ1n) is 6.73. The molecule has 2 rings (SSSR count). The van der Waals surface area contributed by atoms with E-state index in [9.17, 15) is 4.79 Å². The van der Waals surface area contributed by atoms with Crippen LogP contribution >= 0.6 is 11.3 Å². The summed E-state index contributed by atoms with van der Waals surface area (Å²) in [6.07, 6.45) is 0.848. The van der Waals surface area contributed by atoms with Crippen molar-refractivity contribution in [3.8, 4) is 5.88 Å². The predicted octanol–water partition coefficient (Wildman–Crippen LogP) is 2.50. The third-order valence-corrected chi connectivity index (χ3v) is 3.88. The fourth-order valence-corrected chi connectivity index (χ4v) is 2.57. The van der Waals surface area contributed by atoms with Gasteiger partial charge in [0, 0.05) is 29.2 Å². The Morgan fingerprint density at radius 1 is 1.33 bits per heavy atom. The third kappa shape index (κ3) is 4.75. The first-order chi connectivity index (χ1) is 10.2. The number of nitrogens with one attached hydrogen (secondary N) is 2. The van der Waals surface area contributed by atoms with Crippen molar-refractivity contribution in [1.82, 2.24) is 15.6 Å². The Balaban J connectivity index is 1.76. The number of nitrogens with zero attached hydrogens (tertiary/aromatic N) is 1. The molecule has 0 aliphatic rings. The number of methoxy groups -OCH3 is 1. The molecule has 0 atom stereocenters. The maximum atomic E-state index is 11.7. The molecule has 0 aliphatic carbocycles. The zero-order valence-corrected chi connectivity index (χ0v) is 13.0. The van der Waals surface area contributed by atoms with Crippen LogP contribution in [0.4, 0.5) is 4.79 Å². The normalized spacial score (nSPS) is 10.2. The average molecular weight is 305 g/mol. The first kappa shape index (κ1) is 15.3. The molecule has 0 aliphatic heterocycles. The minimum Gasteiger partial charge on any atom is -0.481 e. The standard InChI is InChI=1S/C15H19N3O2S/c1-11-5-6-12(14(18-11)20-2)10-17-15(19)16-8-7-13-4-3-9-21-13/h3-6,9H,7-8,10H2,1-2H3,(H2,16,17,19). The topological polar surface area (TPSA) is 63.2 Å². The second-order valence-corrected chi connectivity index (χ2v) is 5.59. The van der Waals surface area contributed by atoms with Crippen molar-refractivity contribution in [2.24, 2.45) is 0 Å². The SMILES string of the molecule is COc1nc(C)ccc1CNC(=O)NCCc1cccs1. The highest BCUT2D eigenvalue weighted by molar-refractivity contribution is 7.09. The Hall–Kier alpha value is -2.08. The van der Waals surface area contributed by atoms with Crippen molar-refractivity contribution in [3.63, 3.8) is 0 Å². The molecule has 21 heavy (non-hydrogen) atoms. The number of hydrogen-bond donors (Lipinski definition) is 2. The van der Waals surface area contributed by atoms with Crippen LogP contribution in [0.1, 0.15) is 16.1 Å². The number of carbonyl (C=O) groups is 1. The molecule has 0 radical (unpaired) electrons. The molecule has 112 valence electrons. The van der Waals surface area contributed by atoms with Gasteiger partial charge in [-0.15, -0.1) is 11.3 Å². The lowest BCUT2D eigenvalue weighted by Gasteiger charge is -2.10. The lowest BCUT2D eigenvalue weighted by Crippen LogP contribution is -2.36. The van der Waals surface area contributed by atoms with E-state index in [1.807, 2.05) is 30.5 Å². The fraction of sp³-hybridized carbons (Fsp3) is 0.333. The van der Waals surface area contributed by atoms with Gasteiger partial charge in [-0.2, -0.15) is 0 Å². The summed E-state index contributed by atoms with van der Waals surface area (Å²) in [6.45, 7) is 2.91. The monoisotopic (exact) mass is 305 g/mol. The Labute approximate surface area is 128 Å². The number of rotatable bonds is 6. The van der Waals surface area contributed by atoms with Gasteiger partial charge in [-0.25, -0.2) is 9.78 Å². The van der Waals surface area contributed by atoms with Crippen molar-refractivity contribution < 1.29 is 9.53 Å². The molecule has 0 saturated heterocycles. The number of urea groups is 1. The summed E-state index contributed by atoms with van der Waals surface area (Å²) in [4.78, 5) is 17.3. The van der Waals surface area contributed by atoms with Crippen molar-refractivity contribution >= 4 is 17.4 Å². The van der Waals surface area contributed by atoms with E-state index in [1.165, 1.54) is 4.88 Å². The van der Waals surface area contributed by atoms with Crippen LogP contribution in [0.2, 0.25) is 0 Å². The quantitative estimate of drug-likeness (QED) is 0.862. The van der Waals surface area contributed by atoms with E-state index < -0.39 is 0 Å². The second-order valence-electron chi connectivity index (χ2n) is 4.56. The lowest BCUT2D eigenvalue weighted by atomic mass is 10.2. The molecule has 5 nitrogen and oxygen atoms in total. The van der Waals surface area contributed by atoms with Gasteiger partial charge in [0.2, 0.25) is 5.88 Å². The van der Waals surface area contributed by atoms with Gasteiger partial charge < -0.3 is 15.4 Å². The summed E-state index contributed by atoms with van der Waals surface area (Å²) >= 11 is 1.69. The van der Waals surface area contributed by atoms with Crippen LogP contribution in [0.5, 0.6) is 5.88 Å². The van der Waals surface area contributed by atoms with Crippen molar-refractivity contribution in [2.45, 2.75) is 19.9 Å². The number of amides is 2. The number of aryl methyl sites for hydroxylation is 1. The van der Waals surface area contributed by atoms with Crippen LogP contribution in [-0.2, 0) is 13.0 Å². The van der Waals surface area contributed by atoms with Crippen LogP contribution in [-0.4, -0.2) is 24.7 Å². The average Bonchev–Trinajstić information content (AvgIpc) is 2.99. The highest BCUT2D eigenvalue weighted by Crippen LogP contribution is 2.15. The van der Waals surface area contributed by atoms with Gasteiger partial charge in [-0.05, 0) is 30.9 Å². The summed E-state index contributed by atoms with van der Waals surface area (Å²) in [5.41, 5.74) is 1.74. The van der Waals surface area contributed by atoms with Gasteiger partial charge in [0.15, 0.2) is 0 Å². The number of carbonyl (C=O) groups excluding carboxylic acids is 1. The second kappa shape index (κ2) is 7.64. The van der Waals surface area contributed by atoms with Crippen LogP contribution in [0, 0.1) is 6.92 Å². The van der Waals surface area contributed by atoms with E-state index in [4.69, 9.17) is 4.74 Å². The number of aromatic nitrogens is 1. The van der Waals surface area contributed by atoms with Crippen LogP contribution in [0.25, 0.3) is 0 Å². The Morgan fingerprint density at radius 3 is 2.90 bits per heavy atom. The number of hydrogen-bond acceptors (Lipinski definition) is 4. The molecule has 0 spiro atoms. The lowest BCUT2D eigenvalue weighted by molar-refractivity contribution is 0.240. The van der Waals surface area contributed by atoms with E-state index in [0.29, 0.717) is 19.0 Å². The van der Waals surface area contributed by atoms with E-state index >= 15 is 0 Å². The molecular weight excluding hydrogens is 286 g/mol. The van der Waals surface area contributed by atoms with Gasteiger partial charge in [-0.1, -0.05) is 12.1 Å². The minimum absolute atomic E-state index is 0.186. The third-order valence-electron chi connectivity index (χ3n) is 2.95. The molecule has 0 unspecified atom stereocenters. The fourth-order valence-electron chi connectivity index (χ4n) is 1.87. The van der Waals surface area contributed by atoms with E-state index in [-0.39, 0.29) is 6.03 Å². The van der Waals surface area contributed by atoms with Crippen LogP contribution in [0.3, 0.4) is 0 Å². The maximum Gasteiger partial charge on any atom is 0.315 e. The van der Waals surface area contributed by atoms with Crippen LogP contribution in [0.15, 0.2) is 29.6 Å². The zero-order chi connectivity index (χ0) is 15.1. The molecule has 2 aromatic heterocycles. The molecular formula is C15H19N3O2S. The van der Waals surface area contributed by atoms with Gasteiger partial charge >= 0.3 is 6.03 Å².